The number of aryl methyl sites for hydroxylation is 1. The van der Waals surface area contributed by atoms with Crippen LogP contribution in [0.5, 0.6) is 11.5 Å². The van der Waals surface area contributed by atoms with Crippen LogP contribution in [0.1, 0.15) is 36.1 Å². The van der Waals surface area contributed by atoms with Gasteiger partial charge in [0.25, 0.3) is 5.69 Å². The van der Waals surface area contributed by atoms with Crippen LogP contribution in [0.15, 0.2) is 36.4 Å². The zero-order chi connectivity index (χ0) is 17.3. The highest BCUT2D eigenvalue weighted by molar-refractivity contribution is 5.50. The summed E-state index contributed by atoms with van der Waals surface area (Å²) >= 11 is 0. The maximum atomic E-state index is 10.8. The van der Waals surface area contributed by atoms with Crippen LogP contribution >= 0.6 is 0 Å². The van der Waals surface area contributed by atoms with Gasteiger partial charge < -0.3 is 14.6 Å². The molecule has 0 fully saturated rings. The number of aromatic hydroxyl groups is 1. The molecule has 0 amide bonds. The molecular formula is C18H19NO5. The summed E-state index contributed by atoms with van der Waals surface area (Å²) in [7, 11) is 1.52. The predicted octanol–water partition coefficient (Wildman–Crippen LogP) is 3.75. The fraction of sp³-hybridized carbons (Fsp3) is 0.333. The molecule has 2 aromatic rings. The largest absolute Gasteiger partial charge is 0.504 e. The lowest BCUT2D eigenvalue weighted by Gasteiger charge is -2.22. The summed E-state index contributed by atoms with van der Waals surface area (Å²) in [6, 6.07) is 9.84. The van der Waals surface area contributed by atoms with Gasteiger partial charge in [0, 0.05) is 12.1 Å². The molecule has 1 heterocycles. The Hall–Kier alpha value is -2.60. The van der Waals surface area contributed by atoms with Gasteiger partial charge in [-0.2, -0.15) is 0 Å². The van der Waals surface area contributed by atoms with Gasteiger partial charge in [0.15, 0.2) is 11.5 Å². The van der Waals surface area contributed by atoms with Gasteiger partial charge in [-0.25, -0.2) is 0 Å². The lowest BCUT2D eigenvalue weighted by Crippen LogP contribution is -2.12. The first-order chi connectivity index (χ1) is 11.5. The third-order valence-corrected chi connectivity index (χ3v) is 4.32. The Morgan fingerprint density at radius 1 is 1.29 bits per heavy atom. The van der Waals surface area contributed by atoms with E-state index in [1.807, 2.05) is 13.0 Å². The highest BCUT2D eigenvalue weighted by Gasteiger charge is 2.26. The van der Waals surface area contributed by atoms with Crippen molar-refractivity contribution < 1.29 is 19.5 Å². The highest BCUT2D eigenvalue weighted by Crippen LogP contribution is 2.40. The van der Waals surface area contributed by atoms with E-state index in [2.05, 4.69) is 0 Å². The second kappa shape index (κ2) is 6.49. The molecule has 1 N–H and O–H groups in total. The van der Waals surface area contributed by atoms with E-state index in [4.69, 9.17) is 9.47 Å². The van der Waals surface area contributed by atoms with Gasteiger partial charge in [0.05, 0.1) is 18.1 Å². The SMILES string of the molecule is COc1cc2c(cc1O)[C@H](c1ccc([N+](=O)[O-])cc1)O[C@H](C)CC2. The summed E-state index contributed by atoms with van der Waals surface area (Å²) in [4.78, 5) is 10.4. The normalized spacial score (nSPS) is 20.1. The van der Waals surface area contributed by atoms with Gasteiger partial charge in [0.2, 0.25) is 0 Å². The van der Waals surface area contributed by atoms with Crippen molar-refractivity contribution >= 4 is 5.69 Å². The monoisotopic (exact) mass is 329 g/mol. The molecule has 0 unspecified atom stereocenters. The van der Waals surface area contributed by atoms with E-state index in [1.54, 1.807) is 18.2 Å². The molecule has 1 aliphatic rings. The zero-order valence-electron chi connectivity index (χ0n) is 13.6. The van der Waals surface area contributed by atoms with Crippen LogP contribution < -0.4 is 4.74 Å². The van der Waals surface area contributed by atoms with Crippen LogP contribution in [0.3, 0.4) is 0 Å². The number of nitrogens with zero attached hydrogens (tertiary/aromatic N) is 1. The predicted molar refractivity (Wildman–Crippen MR) is 88.5 cm³/mol. The minimum atomic E-state index is -0.426. The van der Waals surface area contributed by atoms with Gasteiger partial charge >= 0.3 is 0 Å². The van der Waals surface area contributed by atoms with Crippen LogP contribution in [0, 0.1) is 10.1 Å². The number of non-ortho nitro benzene ring substituents is 1. The number of rotatable bonds is 3. The second-order valence-corrected chi connectivity index (χ2v) is 5.94. The third-order valence-electron chi connectivity index (χ3n) is 4.32. The molecule has 2 atom stereocenters. The van der Waals surface area contributed by atoms with Crippen molar-refractivity contribution in [3.63, 3.8) is 0 Å². The van der Waals surface area contributed by atoms with Gasteiger partial charge in [0.1, 0.15) is 6.10 Å². The summed E-state index contributed by atoms with van der Waals surface area (Å²) in [5.41, 5.74) is 2.78. The van der Waals surface area contributed by atoms with E-state index >= 15 is 0 Å². The number of ether oxygens (including phenoxy) is 2. The van der Waals surface area contributed by atoms with E-state index in [0.717, 1.165) is 29.5 Å². The van der Waals surface area contributed by atoms with Crippen molar-refractivity contribution in [2.75, 3.05) is 7.11 Å². The van der Waals surface area contributed by atoms with Gasteiger partial charge in [-0.3, -0.25) is 10.1 Å². The Balaban J connectivity index is 2.06. The van der Waals surface area contributed by atoms with Crippen LogP contribution in [0.2, 0.25) is 0 Å². The average molecular weight is 329 g/mol. The topological polar surface area (TPSA) is 81.8 Å². The smallest absolute Gasteiger partial charge is 0.269 e. The molecule has 0 bridgehead atoms. The number of hydrogen-bond donors (Lipinski definition) is 1. The van der Waals surface area contributed by atoms with Gasteiger partial charge in [-0.1, -0.05) is 0 Å². The van der Waals surface area contributed by atoms with Crippen LogP contribution in [0.4, 0.5) is 5.69 Å². The molecule has 3 rings (SSSR count). The van der Waals surface area contributed by atoms with Crippen molar-refractivity contribution in [3.05, 3.63) is 63.2 Å². The van der Waals surface area contributed by atoms with E-state index < -0.39 is 4.92 Å². The maximum Gasteiger partial charge on any atom is 0.269 e. The molecule has 6 heteroatoms. The van der Waals surface area contributed by atoms with Crippen LogP contribution in [-0.2, 0) is 11.2 Å². The van der Waals surface area contributed by atoms with Crippen molar-refractivity contribution in [2.45, 2.75) is 32.0 Å². The Morgan fingerprint density at radius 3 is 2.62 bits per heavy atom. The number of methoxy groups -OCH3 is 1. The van der Waals surface area contributed by atoms with E-state index in [1.165, 1.54) is 19.2 Å². The second-order valence-electron chi connectivity index (χ2n) is 5.94. The third kappa shape index (κ3) is 3.05. The van der Waals surface area contributed by atoms with Crippen LogP contribution in [0.25, 0.3) is 0 Å². The van der Waals surface area contributed by atoms with Gasteiger partial charge in [-0.05, 0) is 60.7 Å². The molecular weight excluding hydrogens is 310 g/mol. The number of nitro benzene ring substituents is 1. The first-order valence-corrected chi connectivity index (χ1v) is 7.79. The van der Waals surface area contributed by atoms with E-state index in [9.17, 15) is 15.2 Å². The molecule has 6 nitrogen and oxygen atoms in total. The molecule has 0 spiro atoms. The molecule has 0 aliphatic carbocycles. The number of benzene rings is 2. The van der Waals surface area contributed by atoms with Gasteiger partial charge in [-0.15, -0.1) is 0 Å². The molecule has 0 saturated heterocycles. The number of fused-ring (bicyclic) bond motifs is 1. The quantitative estimate of drug-likeness (QED) is 0.685. The minimum Gasteiger partial charge on any atom is -0.504 e. The Morgan fingerprint density at radius 2 is 2.00 bits per heavy atom. The fourth-order valence-corrected chi connectivity index (χ4v) is 3.01. The van der Waals surface area contributed by atoms with Crippen molar-refractivity contribution in [3.8, 4) is 11.5 Å². The number of hydrogen-bond acceptors (Lipinski definition) is 5. The Bertz CT molecular complexity index is 757. The first kappa shape index (κ1) is 16.3. The fourth-order valence-electron chi connectivity index (χ4n) is 3.01. The lowest BCUT2D eigenvalue weighted by molar-refractivity contribution is -0.384. The van der Waals surface area contributed by atoms with E-state index in [-0.39, 0.29) is 23.6 Å². The molecule has 1 aliphatic heterocycles. The summed E-state index contributed by atoms with van der Waals surface area (Å²) in [5, 5.41) is 21.0. The number of nitro groups is 1. The van der Waals surface area contributed by atoms with Crippen LogP contribution in [-0.4, -0.2) is 23.2 Å². The Labute approximate surface area is 139 Å². The molecule has 0 aromatic heterocycles. The minimum absolute atomic E-state index is 0.0331. The van der Waals surface area contributed by atoms with Crippen molar-refractivity contribution in [1.82, 2.24) is 0 Å². The average Bonchev–Trinajstić information content (AvgIpc) is 2.73. The number of phenols is 1. The molecule has 0 radical (unpaired) electrons. The highest BCUT2D eigenvalue weighted by atomic mass is 16.6. The zero-order valence-corrected chi connectivity index (χ0v) is 13.6. The number of phenolic OH excluding ortho intramolecular Hbond substituents is 1. The summed E-state index contributed by atoms with van der Waals surface area (Å²) < 4.78 is 11.3. The van der Waals surface area contributed by atoms with E-state index in [0.29, 0.717) is 5.75 Å². The lowest BCUT2D eigenvalue weighted by atomic mass is 9.94. The Kier molecular flexibility index (Phi) is 4.40. The van der Waals surface area contributed by atoms with Crippen molar-refractivity contribution in [1.29, 1.82) is 0 Å². The first-order valence-electron chi connectivity index (χ1n) is 7.79. The summed E-state index contributed by atoms with van der Waals surface area (Å²) in [6.45, 7) is 2.00. The summed E-state index contributed by atoms with van der Waals surface area (Å²) in [6.07, 6.45) is 1.32. The standard InChI is InChI=1S/C18H19NO5/c1-11-3-4-13-9-17(23-2)16(20)10-15(13)18(24-11)12-5-7-14(8-6-12)19(21)22/h5-11,18,20H,3-4H2,1-2H3/t11-,18+/m1/s1. The maximum absolute atomic E-state index is 10.8. The summed E-state index contributed by atoms with van der Waals surface area (Å²) in [5.74, 6) is 0.493. The van der Waals surface area contributed by atoms with Crippen molar-refractivity contribution in [2.24, 2.45) is 0 Å². The molecule has 126 valence electrons. The molecule has 0 saturated carbocycles. The molecule has 2 aromatic carbocycles. The molecule has 24 heavy (non-hydrogen) atoms.